The first-order valence-corrected chi connectivity index (χ1v) is 6.48. The molecule has 0 aliphatic carbocycles. The topological polar surface area (TPSA) is 9.23 Å². The lowest BCUT2D eigenvalue weighted by molar-refractivity contribution is 0.416. The van der Waals surface area contributed by atoms with Crippen molar-refractivity contribution < 1.29 is 4.43 Å². The monoisotopic (exact) mass is 160 g/mol. The molecule has 0 amide bonds. The fourth-order valence-electron chi connectivity index (χ4n) is 1.11. The highest BCUT2D eigenvalue weighted by Gasteiger charge is 2.04. The van der Waals surface area contributed by atoms with Gasteiger partial charge in [0.25, 0.3) is 0 Å². The molecule has 0 radical (unpaired) electrons. The van der Waals surface area contributed by atoms with Crippen LogP contribution in [-0.2, 0) is 4.43 Å². The van der Waals surface area contributed by atoms with Crippen molar-refractivity contribution in [3.8, 4) is 0 Å². The Bertz CT molecular complexity index is 62.3. The van der Waals surface area contributed by atoms with Crippen LogP contribution >= 0.6 is 0 Å². The van der Waals surface area contributed by atoms with Gasteiger partial charge in [-0.2, -0.15) is 0 Å². The van der Waals surface area contributed by atoms with Gasteiger partial charge in [-0.1, -0.05) is 33.1 Å². The fraction of sp³-hybridized carbons (Fsp3) is 1.00. The van der Waals surface area contributed by atoms with Crippen LogP contribution in [-0.4, -0.2) is 16.2 Å². The number of hydrogen-bond donors (Lipinski definition) is 0. The Kier molecular flexibility index (Phi) is 7.41. The van der Waals surface area contributed by atoms with E-state index in [-0.39, 0.29) is 0 Å². The molecule has 0 rings (SSSR count). The summed E-state index contributed by atoms with van der Waals surface area (Å²) in [6, 6.07) is 2.67. The first kappa shape index (κ1) is 10.2. The van der Waals surface area contributed by atoms with Crippen LogP contribution in [0.1, 0.15) is 33.1 Å². The van der Waals surface area contributed by atoms with E-state index in [1.165, 1.54) is 31.4 Å². The summed E-state index contributed by atoms with van der Waals surface area (Å²) in [5, 5.41) is 0. The van der Waals surface area contributed by atoms with Crippen LogP contribution in [0.5, 0.6) is 0 Å². The molecular weight excluding hydrogens is 140 g/mol. The van der Waals surface area contributed by atoms with E-state index in [1.807, 2.05) is 7.11 Å². The van der Waals surface area contributed by atoms with E-state index in [2.05, 4.69) is 13.8 Å². The van der Waals surface area contributed by atoms with Gasteiger partial charge in [0.15, 0.2) is 9.04 Å². The largest absolute Gasteiger partial charge is 0.423 e. The molecule has 0 aliphatic rings. The summed E-state index contributed by atoms with van der Waals surface area (Å²) < 4.78 is 5.38. The van der Waals surface area contributed by atoms with Crippen molar-refractivity contribution in [2.24, 2.45) is 0 Å². The van der Waals surface area contributed by atoms with Crippen molar-refractivity contribution in [1.82, 2.24) is 0 Å². The number of hydrogen-bond acceptors (Lipinski definition) is 1. The zero-order chi connectivity index (χ0) is 7.82. The second kappa shape index (κ2) is 7.29. The van der Waals surface area contributed by atoms with E-state index >= 15 is 0 Å². The molecule has 1 unspecified atom stereocenters. The lowest BCUT2D eigenvalue weighted by Crippen LogP contribution is -2.13. The van der Waals surface area contributed by atoms with E-state index in [4.69, 9.17) is 4.43 Å². The Hall–Kier alpha value is 0.177. The third-order valence-corrected chi connectivity index (χ3v) is 4.55. The van der Waals surface area contributed by atoms with E-state index in [0.717, 1.165) is 0 Å². The van der Waals surface area contributed by atoms with Gasteiger partial charge in [-0.3, -0.25) is 0 Å². The molecule has 10 heavy (non-hydrogen) atoms. The van der Waals surface area contributed by atoms with Crippen LogP contribution < -0.4 is 0 Å². The van der Waals surface area contributed by atoms with Gasteiger partial charge in [0, 0.05) is 7.11 Å². The van der Waals surface area contributed by atoms with Crippen molar-refractivity contribution in [3.05, 3.63) is 0 Å². The van der Waals surface area contributed by atoms with E-state index in [9.17, 15) is 0 Å². The normalized spacial score (nSPS) is 13.5. The predicted molar refractivity (Wildman–Crippen MR) is 49.0 cm³/mol. The molecule has 62 valence electrons. The second-order valence-corrected chi connectivity index (χ2v) is 5.87. The van der Waals surface area contributed by atoms with Crippen molar-refractivity contribution >= 4 is 9.04 Å². The molecule has 0 aliphatic heterocycles. The lowest BCUT2D eigenvalue weighted by Gasteiger charge is -2.09. The predicted octanol–water partition coefficient (Wildman–Crippen LogP) is 2.57. The molecule has 2 heteroatoms. The summed E-state index contributed by atoms with van der Waals surface area (Å²) in [5.41, 5.74) is 0. The van der Waals surface area contributed by atoms with Crippen LogP contribution in [0.3, 0.4) is 0 Å². The zero-order valence-electron chi connectivity index (χ0n) is 7.52. The summed E-state index contributed by atoms with van der Waals surface area (Å²) >= 11 is 0. The molecular formula is C8H20OSi. The van der Waals surface area contributed by atoms with Gasteiger partial charge in [-0.15, -0.1) is 0 Å². The minimum absolute atomic E-state index is 0.724. The highest BCUT2D eigenvalue weighted by molar-refractivity contribution is 6.51. The van der Waals surface area contributed by atoms with Crippen LogP contribution in [0, 0.1) is 0 Å². The Morgan fingerprint density at radius 3 is 2.30 bits per heavy atom. The van der Waals surface area contributed by atoms with Crippen LogP contribution in [0.15, 0.2) is 0 Å². The maximum Gasteiger partial charge on any atom is 0.176 e. The minimum Gasteiger partial charge on any atom is -0.423 e. The molecule has 0 aromatic carbocycles. The molecule has 0 fully saturated rings. The SMILES string of the molecule is CCCCC[SiH](CC)OC. The molecule has 0 aromatic heterocycles. The summed E-state index contributed by atoms with van der Waals surface area (Å²) in [6.45, 7) is 4.49. The van der Waals surface area contributed by atoms with Gasteiger partial charge >= 0.3 is 0 Å². The molecule has 0 bridgehead atoms. The third kappa shape index (κ3) is 5.00. The molecule has 1 nitrogen and oxygen atoms in total. The highest BCUT2D eigenvalue weighted by atomic mass is 28.3. The maximum atomic E-state index is 5.38. The first-order valence-electron chi connectivity index (χ1n) is 4.37. The Balaban J connectivity index is 3.09. The third-order valence-electron chi connectivity index (χ3n) is 1.92. The smallest absolute Gasteiger partial charge is 0.176 e. The molecule has 0 N–H and O–H groups in total. The molecule has 0 saturated carbocycles. The highest BCUT2D eigenvalue weighted by Crippen LogP contribution is 2.06. The summed E-state index contributed by atoms with van der Waals surface area (Å²) in [4.78, 5) is 0. The fourth-order valence-corrected chi connectivity index (χ4v) is 2.83. The van der Waals surface area contributed by atoms with Gasteiger partial charge in [-0.25, -0.2) is 0 Å². The Morgan fingerprint density at radius 1 is 1.20 bits per heavy atom. The molecule has 0 saturated heterocycles. The number of rotatable bonds is 6. The maximum absolute atomic E-state index is 5.38. The van der Waals surface area contributed by atoms with Crippen LogP contribution in [0.25, 0.3) is 0 Å². The quantitative estimate of drug-likeness (QED) is 0.428. The minimum atomic E-state index is -0.724. The van der Waals surface area contributed by atoms with Crippen molar-refractivity contribution in [1.29, 1.82) is 0 Å². The van der Waals surface area contributed by atoms with Gasteiger partial charge < -0.3 is 4.43 Å². The standard InChI is InChI=1S/C8H20OSi/c1-4-6-7-8-10(5-2)9-3/h10H,4-8H2,1-3H3. The van der Waals surface area contributed by atoms with Gasteiger partial charge in [0.05, 0.1) is 0 Å². The number of unbranched alkanes of at least 4 members (excludes halogenated alkanes) is 2. The van der Waals surface area contributed by atoms with E-state index in [0.29, 0.717) is 0 Å². The van der Waals surface area contributed by atoms with Crippen molar-refractivity contribution in [2.75, 3.05) is 7.11 Å². The first-order chi connectivity index (χ1) is 4.85. The molecule has 0 aromatic rings. The zero-order valence-corrected chi connectivity index (χ0v) is 8.68. The molecule has 1 atom stereocenters. The summed E-state index contributed by atoms with van der Waals surface area (Å²) in [7, 11) is 1.14. The van der Waals surface area contributed by atoms with Gasteiger partial charge in [0.2, 0.25) is 0 Å². The van der Waals surface area contributed by atoms with Crippen LogP contribution in [0.2, 0.25) is 12.1 Å². The average Bonchev–Trinajstić information content (AvgIpc) is 1.99. The summed E-state index contributed by atoms with van der Waals surface area (Å²) in [6.07, 6.45) is 4.09. The molecule has 0 spiro atoms. The van der Waals surface area contributed by atoms with Crippen molar-refractivity contribution in [3.63, 3.8) is 0 Å². The molecule has 0 heterocycles. The van der Waals surface area contributed by atoms with E-state index in [1.54, 1.807) is 0 Å². The average molecular weight is 160 g/mol. The lowest BCUT2D eigenvalue weighted by atomic mass is 10.3. The second-order valence-electron chi connectivity index (χ2n) is 2.76. The Morgan fingerprint density at radius 2 is 1.90 bits per heavy atom. The Labute approximate surface area is 66.5 Å². The van der Waals surface area contributed by atoms with Gasteiger partial charge in [-0.05, 0) is 12.1 Å². The van der Waals surface area contributed by atoms with E-state index < -0.39 is 9.04 Å². The van der Waals surface area contributed by atoms with Crippen LogP contribution in [0.4, 0.5) is 0 Å². The van der Waals surface area contributed by atoms with Gasteiger partial charge in [0.1, 0.15) is 0 Å². The van der Waals surface area contributed by atoms with Crippen molar-refractivity contribution in [2.45, 2.75) is 45.2 Å². The summed E-state index contributed by atoms with van der Waals surface area (Å²) in [5.74, 6) is 0.